The van der Waals surface area contributed by atoms with Crippen LogP contribution in [0.5, 0.6) is 0 Å². The summed E-state index contributed by atoms with van der Waals surface area (Å²) in [6.45, 7) is 4.85. The smallest absolute Gasteiger partial charge is 0.323 e. The maximum absolute atomic E-state index is 11.7. The Hall–Kier alpha value is -1.10. The normalized spacial score (nSPS) is 22.9. The lowest BCUT2D eigenvalue weighted by molar-refractivity contribution is -0.147. The van der Waals surface area contributed by atoms with E-state index >= 15 is 0 Å². The van der Waals surface area contributed by atoms with Crippen molar-refractivity contribution in [2.75, 3.05) is 19.6 Å². The van der Waals surface area contributed by atoms with Gasteiger partial charge in [-0.1, -0.05) is 13.8 Å². The lowest BCUT2D eigenvalue weighted by Gasteiger charge is -2.34. The van der Waals surface area contributed by atoms with Crippen LogP contribution in [0.1, 0.15) is 13.8 Å². The number of nitrogens with zero attached hydrogens (tertiary/aromatic N) is 1. The Morgan fingerprint density at radius 2 is 2.36 bits per heavy atom. The molecule has 1 rings (SSSR count). The van der Waals surface area contributed by atoms with Crippen molar-refractivity contribution in [1.82, 2.24) is 10.2 Å². The van der Waals surface area contributed by atoms with Gasteiger partial charge in [0.05, 0.1) is 6.04 Å². The molecule has 0 saturated carbocycles. The number of carbonyl (C=O) groups excluding carboxylic acids is 1. The Bertz CT molecular complexity index is 240. The number of rotatable bonds is 3. The minimum absolute atomic E-state index is 0.103. The molecule has 1 atom stereocenters. The number of hydrogen-bond acceptors (Lipinski definition) is 3. The molecule has 0 aromatic carbocycles. The zero-order chi connectivity index (χ0) is 10.7. The number of piperazine rings is 1. The van der Waals surface area contributed by atoms with Gasteiger partial charge in [-0.15, -0.1) is 0 Å². The van der Waals surface area contributed by atoms with Gasteiger partial charge in [0.2, 0.25) is 5.91 Å². The molecule has 0 unspecified atom stereocenters. The molecule has 14 heavy (non-hydrogen) atoms. The first-order valence-electron chi connectivity index (χ1n) is 4.76. The fraction of sp³-hybridized carbons (Fsp3) is 0.778. The standard InChI is InChI=1S/C9H16N2O3/c1-6(2)8-9(14)11(4-3-10-8)5-7(12)13/h6,8,10H,3-5H2,1-2H3,(H,12,13)/t8-/m1/s1. The van der Waals surface area contributed by atoms with Gasteiger partial charge in [0.25, 0.3) is 0 Å². The molecule has 2 N–H and O–H groups in total. The highest BCUT2D eigenvalue weighted by molar-refractivity contribution is 5.86. The third-order valence-electron chi connectivity index (χ3n) is 2.32. The van der Waals surface area contributed by atoms with Crippen molar-refractivity contribution >= 4 is 11.9 Å². The van der Waals surface area contributed by atoms with Gasteiger partial charge < -0.3 is 15.3 Å². The molecule has 0 spiro atoms. The van der Waals surface area contributed by atoms with E-state index < -0.39 is 5.97 Å². The van der Waals surface area contributed by atoms with Crippen LogP contribution < -0.4 is 5.32 Å². The summed E-state index contributed by atoms with van der Waals surface area (Å²) in [4.78, 5) is 23.6. The van der Waals surface area contributed by atoms with Gasteiger partial charge in [-0.25, -0.2) is 0 Å². The summed E-state index contributed by atoms with van der Waals surface area (Å²) < 4.78 is 0. The maximum Gasteiger partial charge on any atom is 0.323 e. The highest BCUT2D eigenvalue weighted by Crippen LogP contribution is 2.09. The van der Waals surface area contributed by atoms with Crippen molar-refractivity contribution in [1.29, 1.82) is 0 Å². The second kappa shape index (κ2) is 4.41. The van der Waals surface area contributed by atoms with Crippen LogP contribution in [0.4, 0.5) is 0 Å². The first-order chi connectivity index (χ1) is 6.52. The number of aliphatic carboxylic acids is 1. The molecule has 1 aliphatic rings. The molecule has 1 heterocycles. The van der Waals surface area contributed by atoms with Crippen molar-refractivity contribution in [2.24, 2.45) is 5.92 Å². The van der Waals surface area contributed by atoms with Crippen LogP contribution in [0.15, 0.2) is 0 Å². The maximum atomic E-state index is 11.7. The van der Waals surface area contributed by atoms with Gasteiger partial charge in [0.15, 0.2) is 0 Å². The number of carboxylic acids is 1. The average Bonchev–Trinajstić information content (AvgIpc) is 2.07. The number of hydrogen-bond donors (Lipinski definition) is 2. The van der Waals surface area contributed by atoms with E-state index in [0.29, 0.717) is 13.1 Å². The molecule has 1 saturated heterocycles. The second-order valence-electron chi connectivity index (χ2n) is 3.83. The molecule has 5 heteroatoms. The van der Waals surface area contributed by atoms with Crippen LogP contribution in [0.2, 0.25) is 0 Å². The fourth-order valence-electron chi connectivity index (χ4n) is 1.59. The topological polar surface area (TPSA) is 69.6 Å². The predicted octanol–water partition coefficient (Wildman–Crippen LogP) is -0.473. The van der Waals surface area contributed by atoms with Crippen LogP contribution in [0.25, 0.3) is 0 Å². The van der Waals surface area contributed by atoms with Crippen molar-refractivity contribution in [3.63, 3.8) is 0 Å². The molecule has 0 bridgehead atoms. The Morgan fingerprint density at radius 1 is 1.71 bits per heavy atom. The Kier molecular flexibility index (Phi) is 3.46. The minimum atomic E-state index is -0.956. The Balaban J connectivity index is 2.61. The summed E-state index contributed by atoms with van der Waals surface area (Å²) in [5, 5.41) is 11.7. The van der Waals surface area contributed by atoms with E-state index in [1.807, 2.05) is 13.8 Å². The molecular weight excluding hydrogens is 184 g/mol. The van der Waals surface area contributed by atoms with Gasteiger partial charge in [0, 0.05) is 13.1 Å². The summed E-state index contributed by atoms with van der Waals surface area (Å²) in [5.74, 6) is -0.865. The highest BCUT2D eigenvalue weighted by Gasteiger charge is 2.31. The molecule has 1 amide bonds. The molecular formula is C9H16N2O3. The number of nitrogens with one attached hydrogen (secondary N) is 1. The van der Waals surface area contributed by atoms with E-state index in [0.717, 1.165) is 0 Å². The minimum Gasteiger partial charge on any atom is -0.480 e. The van der Waals surface area contributed by atoms with Crippen molar-refractivity contribution in [3.8, 4) is 0 Å². The van der Waals surface area contributed by atoms with E-state index in [1.165, 1.54) is 4.90 Å². The first kappa shape index (κ1) is 11.0. The zero-order valence-corrected chi connectivity index (χ0v) is 8.49. The molecule has 0 aromatic rings. The molecule has 0 aliphatic carbocycles. The quantitative estimate of drug-likeness (QED) is 0.646. The summed E-state index contributed by atoms with van der Waals surface area (Å²) in [6, 6.07) is -0.233. The van der Waals surface area contributed by atoms with Crippen LogP contribution in [-0.2, 0) is 9.59 Å². The number of carboxylic acid groups (broad SMARTS) is 1. The van der Waals surface area contributed by atoms with Gasteiger partial charge in [0.1, 0.15) is 6.54 Å². The van der Waals surface area contributed by atoms with Gasteiger partial charge in [-0.2, -0.15) is 0 Å². The molecule has 0 aromatic heterocycles. The SMILES string of the molecule is CC(C)[C@H]1NCCN(CC(=O)O)C1=O. The van der Waals surface area contributed by atoms with Crippen LogP contribution in [0, 0.1) is 5.92 Å². The fourth-order valence-corrected chi connectivity index (χ4v) is 1.59. The van der Waals surface area contributed by atoms with Gasteiger partial charge in [-0.3, -0.25) is 9.59 Å². The van der Waals surface area contributed by atoms with E-state index in [2.05, 4.69) is 5.32 Å². The Morgan fingerprint density at radius 3 is 2.86 bits per heavy atom. The van der Waals surface area contributed by atoms with Crippen LogP contribution in [-0.4, -0.2) is 47.6 Å². The Labute approximate surface area is 83.1 Å². The van der Waals surface area contributed by atoms with Crippen LogP contribution in [0.3, 0.4) is 0 Å². The predicted molar refractivity (Wildman–Crippen MR) is 50.8 cm³/mol. The van der Waals surface area contributed by atoms with Gasteiger partial charge in [-0.05, 0) is 5.92 Å². The summed E-state index contributed by atoms with van der Waals surface area (Å²) in [6.07, 6.45) is 0. The lowest BCUT2D eigenvalue weighted by Crippen LogP contribution is -2.57. The van der Waals surface area contributed by atoms with Gasteiger partial charge >= 0.3 is 5.97 Å². The second-order valence-corrected chi connectivity index (χ2v) is 3.83. The van der Waals surface area contributed by atoms with Crippen LogP contribution >= 0.6 is 0 Å². The lowest BCUT2D eigenvalue weighted by atomic mass is 10.0. The molecule has 80 valence electrons. The molecule has 5 nitrogen and oxygen atoms in total. The molecule has 0 radical (unpaired) electrons. The largest absolute Gasteiger partial charge is 0.480 e. The summed E-state index contributed by atoms with van der Waals surface area (Å²) >= 11 is 0. The van der Waals surface area contributed by atoms with E-state index in [1.54, 1.807) is 0 Å². The monoisotopic (exact) mass is 200 g/mol. The molecule has 1 fully saturated rings. The van der Waals surface area contributed by atoms with E-state index in [4.69, 9.17) is 5.11 Å². The third kappa shape index (κ3) is 2.45. The van der Waals surface area contributed by atoms with E-state index in [-0.39, 0.29) is 24.4 Å². The zero-order valence-electron chi connectivity index (χ0n) is 8.49. The highest BCUT2D eigenvalue weighted by atomic mass is 16.4. The number of amides is 1. The summed E-state index contributed by atoms with van der Waals surface area (Å²) in [5.41, 5.74) is 0. The average molecular weight is 200 g/mol. The third-order valence-corrected chi connectivity index (χ3v) is 2.32. The van der Waals surface area contributed by atoms with E-state index in [9.17, 15) is 9.59 Å². The first-order valence-corrected chi connectivity index (χ1v) is 4.76. The summed E-state index contributed by atoms with van der Waals surface area (Å²) in [7, 11) is 0. The van der Waals surface area contributed by atoms with Crippen molar-refractivity contribution in [3.05, 3.63) is 0 Å². The molecule has 1 aliphatic heterocycles. The number of carbonyl (C=O) groups is 2. The van der Waals surface area contributed by atoms with Crippen molar-refractivity contribution in [2.45, 2.75) is 19.9 Å². The van der Waals surface area contributed by atoms with Crippen molar-refractivity contribution < 1.29 is 14.7 Å².